The molecule has 2 N–H and O–H groups in total. The maximum absolute atomic E-state index is 12.3. The minimum absolute atomic E-state index is 0.0694. The van der Waals surface area contributed by atoms with Gasteiger partial charge in [-0.05, 0) is 40.6 Å². The number of benzene rings is 1. The molecule has 18 heavy (non-hydrogen) atoms. The Labute approximate surface area is 118 Å². The third-order valence-electron chi connectivity index (χ3n) is 2.59. The summed E-state index contributed by atoms with van der Waals surface area (Å²) in [5.74, 6) is -0.0694. The molecule has 3 nitrogen and oxygen atoms in total. The van der Waals surface area contributed by atoms with Crippen LogP contribution in [0.5, 0.6) is 0 Å². The number of thiophene rings is 1. The topological polar surface area (TPSA) is 46.3 Å². The summed E-state index contributed by atoms with van der Waals surface area (Å²) in [6.07, 6.45) is 0. The predicted octanol–water partition coefficient (Wildman–Crippen LogP) is 3.37. The van der Waals surface area contributed by atoms with Crippen LogP contribution in [0.2, 0.25) is 0 Å². The summed E-state index contributed by atoms with van der Waals surface area (Å²) in [6, 6.07) is 7.32. The molecule has 1 amide bonds. The second kappa shape index (κ2) is 5.54. The molecule has 2 rings (SSSR count). The van der Waals surface area contributed by atoms with Gasteiger partial charge < -0.3 is 10.6 Å². The number of hydrogen-bond donors (Lipinski definition) is 1. The molecular formula is C13H13BrN2OS. The van der Waals surface area contributed by atoms with Crippen LogP contribution in [0.4, 0.5) is 5.69 Å². The molecule has 94 valence electrons. The Bertz CT molecular complexity index is 554. The first-order valence-electron chi connectivity index (χ1n) is 5.39. The van der Waals surface area contributed by atoms with Crippen LogP contribution in [-0.4, -0.2) is 17.9 Å². The van der Waals surface area contributed by atoms with Gasteiger partial charge in [-0.15, -0.1) is 0 Å². The van der Waals surface area contributed by atoms with Crippen LogP contribution in [-0.2, 0) is 6.54 Å². The number of halogens is 1. The Morgan fingerprint density at radius 3 is 2.89 bits per heavy atom. The van der Waals surface area contributed by atoms with Gasteiger partial charge in [0.15, 0.2) is 0 Å². The fourth-order valence-electron chi connectivity index (χ4n) is 1.65. The van der Waals surface area contributed by atoms with Crippen molar-refractivity contribution in [2.24, 2.45) is 0 Å². The molecule has 0 saturated carbocycles. The number of carbonyl (C=O) groups is 1. The van der Waals surface area contributed by atoms with E-state index >= 15 is 0 Å². The lowest BCUT2D eigenvalue weighted by Gasteiger charge is -2.17. The van der Waals surface area contributed by atoms with Gasteiger partial charge in [-0.25, -0.2) is 0 Å². The number of carbonyl (C=O) groups excluding carboxylic acids is 1. The normalized spacial score (nSPS) is 10.3. The summed E-state index contributed by atoms with van der Waals surface area (Å²) in [5, 5.41) is 4.04. The van der Waals surface area contributed by atoms with Gasteiger partial charge in [0.2, 0.25) is 0 Å². The van der Waals surface area contributed by atoms with E-state index in [4.69, 9.17) is 5.73 Å². The van der Waals surface area contributed by atoms with E-state index in [9.17, 15) is 4.79 Å². The molecule has 0 aliphatic heterocycles. The molecule has 0 aliphatic carbocycles. The van der Waals surface area contributed by atoms with E-state index in [1.165, 1.54) is 0 Å². The van der Waals surface area contributed by atoms with Crippen molar-refractivity contribution >= 4 is 38.9 Å². The van der Waals surface area contributed by atoms with Gasteiger partial charge in [0.25, 0.3) is 5.91 Å². The van der Waals surface area contributed by atoms with E-state index in [2.05, 4.69) is 15.9 Å². The molecule has 0 radical (unpaired) electrons. The lowest BCUT2D eigenvalue weighted by Crippen LogP contribution is -2.26. The number of nitrogen functional groups attached to an aromatic ring is 1. The van der Waals surface area contributed by atoms with Gasteiger partial charge in [0, 0.05) is 23.8 Å². The fraction of sp³-hybridized carbons (Fsp3) is 0.154. The van der Waals surface area contributed by atoms with Crippen molar-refractivity contribution in [1.82, 2.24) is 4.90 Å². The smallest absolute Gasteiger partial charge is 0.256 e. The molecule has 0 aliphatic rings. The average molecular weight is 325 g/mol. The van der Waals surface area contributed by atoms with E-state index in [0.717, 1.165) is 10.0 Å². The molecule has 1 aromatic heterocycles. The molecule has 1 heterocycles. The molecule has 1 aromatic carbocycles. The van der Waals surface area contributed by atoms with Crippen molar-refractivity contribution in [2.45, 2.75) is 6.54 Å². The van der Waals surface area contributed by atoms with Gasteiger partial charge in [-0.2, -0.15) is 11.3 Å². The van der Waals surface area contributed by atoms with Crippen molar-refractivity contribution < 1.29 is 4.79 Å². The average Bonchev–Trinajstić information content (AvgIpc) is 2.84. The van der Waals surface area contributed by atoms with Gasteiger partial charge in [0.05, 0.1) is 5.56 Å². The maximum Gasteiger partial charge on any atom is 0.256 e. The SMILES string of the molecule is CN(Cc1ccsc1)C(=O)c1cc(Br)ccc1N. The number of nitrogens with two attached hydrogens (primary N) is 1. The molecule has 0 bridgehead atoms. The first-order chi connectivity index (χ1) is 8.58. The number of anilines is 1. The summed E-state index contributed by atoms with van der Waals surface area (Å²) in [4.78, 5) is 13.9. The van der Waals surface area contributed by atoms with Crippen molar-refractivity contribution in [1.29, 1.82) is 0 Å². The zero-order valence-corrected chi connectivity index (χ0v) is 12.3. The maximum atomic E-state index is 12.3. The molecule has 0 atom stereocenters. The van der Waals surface area contributed by atoms with Crippen LogP contribution in [0, 0.1) is 0 Å². The summed E-state index contributed by atoms with van der Waals surface area (Å²) in [6.45, 7) is 0.592. The third-order valence-corrected chi connectivity index (χ3v) is 3.82. The monoisotopic (exact) mass is 324 g/mol. The summed E-state index contributed by atoms with van der Waals surface area (Å²) in [7, 11) is 1.78. The van der Waals surface area contributed by atoms with Gasteiger partial charge >= 0.3 is 0 Å². The minimum atomic E-state index is -0.0694. The fourth-order valence-corrected chi connectivity index (χ4v) is 2.67. The Morgan fingerprint density at radius 2 is 2.22 bits per heavy atom. The number of hydrogen-bond acceptors (Lipinski definition) is 3. The van der Waals surface area contributed by atoms with E-state index in [1.54, 1.807) is 35.4 Å². The van der Waals surface area contributed by atoms with E-state index in [0.29, 0.717) is 17.8 Å². The first kappa shape index (κ1) is 13.1. The molecular weight excluding hydrogens is 312 g/mol. The second-order valence-electron chi connectivity index (χ2n) is 4.02. The van der Waals surface area contributed by atoms with Crippen molar-refractivity contribution in [3.63, 3.8) is 0 Å². The summed E-state index contributed by atoms with van der Waals surface area (Å²) < 4.78 is 0.851. The Kier molecular flexibility index (Phi) is 4.04. The predicted molar refractivity (Wildman–Crippen MR) is 78.7 cm³/mol. The highest BCUT2D eigenvalue weighted by atomic mass is 79.9. The van der Waals surface area contributed by atoms with E-state index < -0.39 is 0 Å². The molecule has 0 unspecified atom stereocenters. The highest BCUT2D eigenvalue weighted by molar-refractivity contribution is 9.10. The summed E-state index contributed by atoms with van der Waals surface area (Å²) >= 11 is 4.97. The molecule has 2 aromatic rings. The lowest BCUT2D eigenvalue weighted by atomic mass is 10.1. The van der Waals surface area contributed by atoms with Crippen molar-refractivity contribution in [3.05, 3.63) is 50.6 Å². The third kappa shape index (κ3) is 2.91. The van der Waals surface area contributed by atoms with Crippen LogP contribution in [0.15, 0.2) is 39.5 Å². The van der Waals surface area contributed by atoms with E-state index in [1.807, 2.05) is 22.9 Å². The van der Waals surface area contributed by atoms with Crippen LogP contribution < -0.4 is 5.73 Å². The second-order valence-corrected chi connectivity index (χ2v) is 5.72. The molecule has 0 fully saturated rings. The highest BCUT2D eigenvalue weighted by Crippen LogP contribution is 2.20. The Balaban J connectivity index is 2.17. The van der Waals surface area contributed by atoms with Gasteiger partial charge in [0.1, 0.15) is 0 Å². The minimum Gasteiger partial charge on any atom is -0.398 e. The number of rotatable bonds is 3. The van der Waals surface area contributed by atoms with Gasteiger partial charge in [-0.3, -0.25) is 4.79 Å². The first-order valence-corrected chi connectivity index (χ1v) is 7.13. The lowest BCUT2D eigenvalue weighted by molar-refractivity contribution is 0.0786. The Morgan fingerprint density at radius 1 is 1.44 bits per heavy atom. The van der Waals surface area contributed by atoms with Gasteiger partial charge in [-0.1, -0.05) is 15.9 Å². The number of nitrogens with zero attached hydrogens (tertiary/aromatic N) is 1. The van der Waals surface area contributed by atoms with Crippen LogP contribution >= 0.6 is 27.3 Å². The summed E-state index contributed by atoms with van der Waals surface area (Å²) in [5.41, 5.74) is 7.99. The molecule has 0 spiro atoms. The van der Waals surface area contributed by atoms with E-state index in [-0.39, 0.29) is 5.91 Å². The zero-order chi connectivity index (χ0) is 13.1. The Hall–Kier alpha value is -1.33. The van der Waals surface area contributed by atoms with Crippen LogP contribution in [0.25, 0.3) is 0 Å². The van der Waals surface area contributed by atoms with Crippen LogP contribution in [0.1, 0.15) is 15.9 Å². The quantitative estimate of drug-likeness (QED) is 0.880. The van der Waals surface area contributed by atoms with Crippen molar-refractivity contribution in [2.75, 3.05) is 12.8 Å². The molecule has 0 saturated heterocycles. The zero-order valence-electron chi connectivity index (χ0n) is 9.89. The standard InChI is InChI=1S/C13H13BrN2OS/c1-16(7-9-4-5-18-8-9)13(17)11-6-10(14)2-3-12(11)15/h2-6,8H,7,15H2,1H3. The van der Waals surface area contributed by atoms with Crippen molar-refractivity contribution in [3.8, 4) is 0 Å². The number of amides is 1. The highest BCUT2D eigenvalue weighted by Gasteiger charge is 2.15. The largest absolute Gasteiger partial charge is 0.398 e. The molecule has 5 heteroatoms. The van der Waals surface area contributed by atoms with Crippen LogP contribution in [0.3, 0.4) is 0 Å².